The first kappa shape index (κ1) is 16.1. The maximum atomic E-state index is 12.9. The van der Waals surface area contributed by atoms with Crippen molar-refractivity contribution in [1.29, 1.82) is 0 Å². The number of aliphatic imine (C=N–C) groups is 1. The monoisotopic (exact) mass is 323 g/mol. The summed E-state index contributed by atoms with van der Waals surface area (Å²) in [6, 6.07) is 13.7. The van der Waals surface area contributed by atoms with E-state index in [4.69, 9.17) is 4.74 Å². The van der Waals surface area contributed by atoms with Crippen molar-refractivity contribution >= 4 is 17.9 Å². The van der Waals surface area contributed by atoms with Crippen LogP contribution < -0.4 is 0 Å². The van der Waals surface area contributed by atoms with Gasteiger partial charge in [-0.05, 0) is 54.3 Å². The second-order valence-corrected chi connectivity index (χ2v) is 5.69. The molecule has 0 atom stereocenters. The van der Waals surface area contributed by atoms with E-state index in [1.807, 2.05) is 24.3 Å². The SMILES string of the molecule is CCCCc1ccc(C2=NC(=Cc3ccc(F)cc3)C(=O)O2)cc1. The molecule has 122 valence electrons. The first-order chi connectivity index (χ1) is 11.7. The van der Waals surface area contributed by atoms with Crippen LogP contribution in [0.2, 0.25) is 0 Å². The van der Waals surface area contributed by atoms with Gasteiger partial charge in [0.2, 0.25) is 5.90 Å². The normalized spacial score (nSPS) is 15.5. The Balaban J connectivity index is 1.79. The number of aryl methyl sites for hydroxylation is 1. The number of cyclic esters (lactones) is 1. The van der Waals surface area contributed by atoms with Crippen LogP contribution in [0.1, 0.15) is 36.5 Å². The number of halogens is 1. The third kappa shape index (κ3) is 3.77. The zero-order valence-corrected chi connectivity index (χ0v) is 13.5. The van der Waals surface area contributed by atoms with Crippen LogP contribution in [0, 0.1) is 5.82 Å². The fraction of sp³-hybridized carbons (Fsp3) is 0.200. The third-order valence-electron chi connectivity index (χ3n) is 3.81. The first-order valence-electron chi connectivity index (χ1n) is 8.03. The van der Waals surface area contributed by atoms with Crippen LogP contribution in [-0.2, 0) is 16.0 Å². The minimum atomic E-state index is -0.496. The van der Waals surface area contributed by atoms with Crippen molar-refractivity contribution in [2.24, 2.45) is 4.99 Å². The summed E-state index contributed by atoms with van der Waals surface area (Å²) < 4.78 is 18.2. The van der Waals surface area contributed by atoms with Gasteiger partial charge in [0.15, 0.2) is 5.70 Å². The molecule has 0 unspecified atom stereocenters. The van der Waals surface area contributed by atoms with Crippen LogP contribution in [0.15, 0.2) is 59.2 Å². The van der Waals surface area contributed by atoms with Crippen LogP contribution in [0.3, 0.4) is 0 Å². The van der Waals surface area contributed by atoms with Gasteiger partial charge >= 0.3 is 5.97 Å². The number of hydrogen-bond acceptors (Lipinski definition) is 3. The van der Waals surface area contributed by atoms with Crippen LogP contribution in [-0.4, -0.2) is 11.9 Å². The minimum Gasteiger partial charge on any atom is -0.402 e. The molecule has 0 bridgehead atoms. The van der Waals surface area contributed by atoms with Gasteiger partial charge in [0.1, 0.15) is 5.82 Å². The molecular weight excluding hydrogens is 305 g/mol. The molecule has 0 radical (unpaired) electrons. The summed E-state index contributed by atoms with van der Waals surface area (Å²) in [5, 5.41) is 0. The van der Waals surface area contributed by atoms with Crippen molar-refractivity contribution in [3.05, 3.63) is 76.7 Å². The van der Waals surface area contributed by atoms with Gasteiger partial charge in [-0.2, -0.15) is 0 Å². The molecule has 0 aromatic heterocycles. The van der Waals surface area contributed by atoms with E-state index in [1.54, 1.807) is 18.2 Å². The van der Waals surface area contributed by atoms with Crippen LogP contribution in [0.4, 0.5) is 4.39 Å². The number of carbonyl (C=O) groups is 1. The summed E-state index contributed by atoms with van der Waals surface area (Å²) >= 11 is 0. The van der Waals surface area contributed by atoms with Crippen molar-refractivity contribution in [1.82, 2.24) is 0 Å². The van der Waals surface area contributed by atoms with Crippen molar-refractivity contribution in [2.45, 2.75) is 26.2 Å². The first-order valence-corrected chi connectivity index (χ1v) is 8.03. The van der Waals surface area contributed by atoms with Gasteiger partial charge in [0.25, 0.3) is 0 Å². The highest BCUT2D eigenvalue weighted by Crippen LogP contribution is 2.20. The zero-order chi connectivity index (χ0) is 16.9. The Bertz CT molecular complexity index is 789. The van der Waals surface area contributed by atoms with E-state index < -0.39 is 5.97 Å². The van der Waals surface area contributed by atoms with E-state index in [-0.39, 0.29) is 11.5 Å². The van der Waals surface area contributed by atoms with Crippen molar-refractivity contribution in [3.63, 3.8) is 0 Å². The van der Waals surface area contributed by atoms with Gasteiger partial charge in [0, 0.05) is 5.56 Å². The van der Waals surface area contributed by atoms with E-state index in [0.717, 1.165) is 24.8 Å². The summed E-state index contributed by atoms with van der Waals surface area (Å²) in [4.78, 5) is 16.2. The van der Waals surface area contributed by atoms with E-state index in [0.29, 0.717) is 11.5 Å². The third-order valence-corrected chi connectivity index (χ3v) is 3.81. The molecule has 2 aromatic carbocycles. The Morgan fingerprint density at radius 3 is 2.46 bits per heavy atom. The van der Waals surface area contributed by atoms with Crippen LogP contribution in [0.5, 0.6) is 0 Å². The predicted octanol–water partition coefficient (Wildman–Crippen LogP) is 4.51. The summed E-state index contributed by atoms with van der Waals surface area (Å²) in [7, 11) is 0. The van der Waals surface area contributed by atoms with E-state index in [9.17, 15) is 9.18 Å². The summed E-state index contributed by atoms with van der Waals surface area (Å²) in [6.07, 6.45) is 4.94. The Morgan fingerprint density at radius 2 is 1.79 bits per heavy atom. The molecule has 3 nitrogen and oxygen atoms in total. The van der Waals surface area contributed by atoms with E-state index >= 15 is 0 Å². The minimum absolute atomic E-state index is 0.215. The molecule has 3 rings (SSSR count). The van der Waals surface area contributed by atoms with Crippen molar-refractivity contribution in [3.8, 4) is 0 Å². The lowest BCUT2D eigenvalue weighted by molar-refractivity contribution is -0.129. The fourth-order valence-corrected chi connectivity index (χ4v) is 2.44. The van der Waals surface area contributed by atoms with Gasteiger partial charge in [-0.15, -0.1) is 0 Å². The van der Waals surface area contributed by atoms with Crippen molar-refractivity contribution < 1.29 is 13.9 Å². The Kier molecular flexibility index (Phi) is 4.85. The molecule has 1 aliphatic rings. The molecule has 0 saturated carbocycles. The molecule has 1 heterocycles. The number of nitrogens with zero attached hydrogens (tertiary/aromatic N) is 1. The lowest BCUT2D eigenvalue weighted by atomic mass is 10.1. The zero-order valence-electron chi connectivity index (χ0n) is 13.5. The number of ether oxygens (including phenoxy) is 1. The number of unbranched alkanes of at least 4 members (excludes halogenated alkanes) is 1. The standard InChI is InChI=1S/C20H18FNO2/c1-2-3-4-14-5-9-16(10-6-14)19-22-18(20(23)24-19)13-15-7-11-17(21)12-8-15/h5-13H,2-4H2,1H3. The van der Waals surface area contributed by atoms with Gasteiger partial charge in [-0.1, -0.05) is 37.6 Å². The number of benzene rings is 2. The molecule has 0 amide bonds. The smallest absolute Gasteiger partial charge is 0.363 e. The molecule has 0 spiro atoms. The highest BCUT2D eigenvalue weighted by Gasteiger charge is 2.24. The topological polar surface area (TPSA) is 38.7 Å². The number of rotatable bonds is 5. The largest absolute Gasteiger partial charge is 0.402 e. The lowest BCUT2D eigenvalue weighted by Crippen LogP contribution is -2.05. The van der Waals surface area contributed by atoms with E-state index in [1.165, 1.54) is 17.7 Å². The number of hydrogen-bond donors (Lipinski definition) is 0. The molecule has 0 saturated heterocycles. The summed E-state index contributed by atoms with van der Waals surface area (Å²) in [6.45, 7) is 2.16. The van der Waals surface area contributed by atoms with Crippen LogP contribution in [0.25, 0.3) is 6.08 Å². The second-order valence-electron chi connectivity index (χ2n) is 5.69. The Hall–Kier alpha value is -2.75. The average Bonchev–Trinajstić information content (AvgIpc) is 2.96. The fourth-order valence-electron chi connectivity index (χ4n) is 2.44. The Labute approximate surface area is 140 Å². The molecule has 0 N–H and O–H groups in total. The van der Waals surface area contributed by atoms with Gasteiger partial charge in [-0.3, -0.25) is 0 Å². The van der Waals surface area contributed by atoms with Crippen molar-refractivity contribution in [2.75, 3.05) is 0 Å². The summed E-state index contributed by atoms with van der Waals surface area (Å²) in [5.74, 6) is -0.515. The van der Waals surface area contributed by atoms with Gasteiger partial charge in [-0.25, -0.2) is 14.2 Å². The quantitative estimate of drug-likeness (QED) is 0.600. The highest BCUT2D eigenvalue weighted by molar-refractivity contribution is 6.12. The summed E-state index contributed by atoms with van der Waals surface area (Å²) in [5.41, 5.74) is 2.94. The van der Waals surface area contributed by atoms with E-state index in [2.05, 4.69) is 11.9 Å². The molecule has 4 heteroatoms. The Morgan fingerprint density at radius 1 is 1.08 bits per heavy atom. The highest BCUT2D eigenvalue weighted by atomic mass is 19.1. The predicted molar refractivity (Wildman–Crippen MR) is 92.1 cm³/mol. The maximum Gasteiger partial charge on any atom is 0.363 e. The molecular formula is C20H18FNO2. The maximum absolute atomic E-state index is 12.9. The molecule has 2 aromatic rings. The molecule has 0 fully saturated rings. The van der Waals surface area contributed by atoms with Crippen LogP contribution >= 0.6 is 0 Å². The molecule has 24 heavy (non-hydrogen) atoms. The number of carbonyl (C=O) groups excluding carboxylic acids is 1. The number of esters is 1. The molecule has 0 aliphatic carbocycles. The second kappa shape index (κ2) is 7.21. The average molecular weight is 323 g/mol. The van der Waals surface area contributed by atoms with Gasteiger partial charge in [0.05, 0.1) is 0 Å². The molecule has 1 aliphatic heterocycles. The lowest BCUT2D eigenvalue weighted by Gasteiger charge is -2.02. The van der Waals surface area contributed by atoms with Gasteiger partial charge < -0.3 is 4.74 Å².